The molecule has 0 radical (unpaired) electrons. The van der Waals surface area contributed by atoms with Crippen molar-refractivity contribution in [2.75, 3.05) is 19.8 Å². The normalized spacial score (nSPS) is 21.9. The Balaban J connectivity index is 2.34. The molecular formula is C40H68O10. The van der Waals surface area contributed by atoms with Crippen molar-refractivity contribution >= 4 is 11.9 Å². The predicted octanol–water partition coefficient (Wildman–Crippen LogP) is 6.93. The first-order valence-electron chi connectivity index (χ1n) is 19.2. The van der Waals surface area contributed by atoms with Crippen LogP contribution < -0.4 is 0 Å². The number of allylic oxidation sites excluding steroid dienone is 8. The van der Waals surface area contributed by atoms with E-state index in [-0.39, 0.29) is 26.1 Å². The van der Waals surface area contributed by atoms with Gasteiger partial charge in [-0.15, -0.1) is 0 Å². The third-order valence-electron chi connectivity index (χ3n) is 8.48. The van der Waals surface area contributed by atoms with E-state index in [0.29, 0.717) is 6.42 Å². The summed E-state index contributed by atoms with van der Waals surface area (Å²) in [5, 5.41) is 39.8. The van der Waals surface area contributed by atoms with Gasteiger partial charge < -0.3 is 39.4 Å². The van der Waals surface area contributed by atoms with Crippen LogP contribution in [0.3, 0.4) is 0 Å². The Bertz CT molecular complexity index is 960. The molecule has 1 aliphatic rings. The number of unbranched alkanes of at least 4 members (excludes halogenated alkanes) is 11. The predicted molar refractivity (Wildman–Crippen MR) is 196 cm³/mol. The molecule has 0 saturated carbocycles. The molecule has 1 rings (SSSR count). The van der Waals surface area contributed by atoms with E-state index < -0.39 is 55.4 Å². The van der Waals surface area contributed by atoms with E-state index in [1.807, 2.05) is 0 Å². The molecule has 1 aliphatic heterocycles. The second-order valence-corrected chi connectivity index (χ2v) is 13.0. The van der Waals surface area contributed by atoms with Crippen LogP contribution in [0.25, 0.3) is 0 Å². The zero-order valence-electron chi connectivity index (χ0n) is 30.9. The lowest BCUT2D eigenvalue weighted by atomic mass is 9.99. The maximum absolute atomic E-state index is 12.7. The molecule has 0 bridgehead atoms. The molecule has 0 aromatic rings. The summed E-state index contributed by atoms with van der Waals surface area (Å²) in [5.41, 5.74) is 0. The number of ether oxygens (including phenoxy) is 4. The van der Waals surface area contributed by atoms with Gasteiger partial charge in [-0.3, -0.25) is 9.59 Å². The van der Waals surface area contributed by atoms with Gasteiger partial charge in [0.2, 0.25) is 0 Å². The van der Waals surface area contributed by atoms with E-state index in [2.05, 4.69) is 62.5 Å². The third-order valence-corrected chi connectivity index (χ3v) is 8.48. The smallest absolute Gasteiger partial charge is 0.306 e. The molecule has 1 saturated heterocycles. The Kier molecular flexibility index (Phi) is 28.7. The summed E-state index contributed by atoms with van der Waals surface area (Å²) < 4.78 is 21.9. The molecule has 0 aromatic heterocycles. The molecule has 10 heteroatoms. The maximum atomic E-state index is 12.7. The Labute approximate surface area is 301 Å². The molecule has 6 atom stereocenters. The molecule has 4 N–H and O–H groups in total. The van der Waals surface area contributed by atoms with Crippen molar-refractivity contribution in [2.45, 2.75) is 173 Å². The van der Waals surface area contributed by atoms with Crippen LogP contribution in [-0.4, -0.2) is 89.0 Å². The lowest BCUT2D eigenvalue weighted by Gasteiger charge is -2.39. The van der Waals surface area contributed by atoms with Crippen LogP contribution in [0, 0.1) is 0 Å². The minimum atomic E-state index is -1.60. The standard InChI is InChI=1S/C40H68O10/c1-3-5-7-9-11-12-13-14-15-16-17-18-19-20-21-22-23-25-27-29-36(43)49-33(31-47-35(42)28-26-24-10-8-6-4-2)32-48-40-39(46)38(45)37(44)34(30-41)50-40/h5,7,11-12,14-15,17-18,33-34,37-41,44-46H,3-4,6,8-10,13,16,19-32H2,1-2H3/b7-5-,12-11-,15-14-,18-17-. The fourth-order valence-electron chi connectivity index (χ4n) is 5.41. The van der Waals surface area contributed by atoms with E-state index >= 15 is 0 Å². The van der Waals surface area contributed by atoms with Crippen molar-refractivity contribution in [1.29, 1.82) is 0 Å². The first kappa shape index (κ1) is 45.7. The van der Waals surface area contributed by atoms with Crippen molar-refractivity contribution in [1.82, 2.24) is 0 Å². The first-order chi connectivity index (χ1) is 24.3. The third kappa shape index (κ3) is 23.2. The van der Waals surface area contributed by atoms with Gasteiger partial charge in [0.25, 0.3) is 0 Å². The number of esters is 2. The Morgan fingerprint density at radius 2 is 1.18 bits per heavy atom. The van der Waals surface area contributed by atoms with Crippen molar-refractivity contribution < 1.29 is 49.0 Å². The fourth-order valence-corrected chi connectivity index (χ4v) is 5.41. The highest BCUT2D eigenvalue weighted by Gasteiger charge is 2.44. The SMILES string of the molecule is CC/C=C\C/C=C\C/C=C\C/C=C\CCCCCCCCC(=O)OC(COC(=O)CCCCCCCC)COC1OC(CO)C(O)C(O)C1O. The minimum Gasteiger partial charge on any atom is -0.462 e. The van der Waals surface area contributed by atoms with Crippen LogP contribution in [0.2, 0.25) is 0 Å². The van der Waals surface area contributed by atoms with E-state index in [1.165, 1.54) is 6.42 Å². The van der Waals surface area contributed by atoms with E-state index in [9.17, 15) is 30.0 Å². The number of aliphatic hydroxyl groups excluding tert-OH is 4. The van der Waals surface area contributed by atoms with E-state index in [0.717, 1.165) is 96.3 Å². The molecule has 0 amide bonds. The van der Waals surface area contributed by atoms with Gasteiger partial charge in [0, 0.05) is 12.8 Å². The molecule has 50 heavy (non-hydrogen) atoms. The van der Waals surface area contributed by atoms with Crippen LogP contribution >= 0.6 is 0 Å². The van der Waals surface area contributed by atoms with Crippen LogP contribution in [0.15, 0.2) is 48.6 Å². The molecule has 0 aliphatic carbocycles. The lowest BCUT2D eigenvalue weighted by Crippen LogP contribution is -2.59. The highest BCUT2D eigenvalue weighted by Crippen LogP contribution is 2.22. The van der Waals surface area contributed by atoms with Gasteiger partial charge in [-0.2, -0.15) is 0 Å². The molecule has 6 unspecified atom stereocenters. The highest BCUT2D eigenvalue weighted by atomic mass is 16.7. The number of aliphatic hydroxyl groups is 4. The van der Waals surface area contributed by atoms with Gasteiger partial charge >= 0.3 is 11.9 Å². The lowest BCUT2D eigenvalue weighted by molar-refractivity contribution is -0.305. The molecule has 0 aromatic carbocycles. The second-order valence-electron chi connectivity index (χ2n) is 13.0. The van der Waals surface area contributed by atoms with Crippen LogP contribution in [0.5, 0.6) is 0 Å². The van der Waals surface area contributed by atoms with Crippen molar-refractivity contribution in [3.8, 4) is 0 Å². The summed E-state index contributed by atoms with van der Waals surface area (Å²) in [6, 6.07) is 0. The molecule has 0 spiro atoms. The molecular weight excluding hydrogens is 640 g/mol. The topological polar surface area (TPSA) is 152 Å². The van der Waals surface area contributed by atoms with E-state index in [1.54, 1.807) is 0 Å². The summed E-state index contributed by atoms with van der Waals surface area (Å²) in [6.45, 7) is 3.19. The number of hydrogen-bond acceptors (Lipinski definition) is 10. The van der Waals surface area contributed by atoms with E-state index in [4.69, 9.17) is 18.9 Å². The first-order valence-corrected chi connectivity index (χ1v) is 19.2. The number of rotatable bonds is 30. The Hall–Kier alpha value is -2.34. The second kappa shape index (κ2) is 31.4. The summed E-state index contributed by atoms with van der Waals surface area (Å²) in [5.74, 6) is -0.838. The van der Waals surface area contributed by atoms with Gasteiger partial charge in [-0.1, -0.05) is 120 Å². The zero-order chi connectivity index (χ0) is 36.7. The van der Waals surface area contributed by atoms with Gasteiger partial charge in [0.1, 0.15) is 31.0 Å². The van der Waals surface area contributed by atoms with Crippen LogP contribution in [-0.2, 0) is 28.5 Å². The molecule has 288 valence electrons. The maximum Gasteiger partial charge on any atom is 0.306 e. The summed E-state index contributed by atoms with van der Waals surface area (Å²) in [6.07, 6.45) is 27.2. The molecule has 1 fully saturated rings. The Morgan fingerprint density at radius 1 is 0.640 bits per heavy atom. The molecule has 10 nitrogen and oxygen atoms in total. The monoisotopic (exact) mass is 708 g/mol. The average molecular weight is 709 g/mol. The van der Waals surface area contributed by atoms with Crippen molar-refractivity contribution in [3.63, 3.8) is 0 Å². The van der Waals surface area contributed by atoms with Gasteiger partial charge in [0.05, 0.1) is 13.2 Å². The Morgan fingerprint density at radius 3 is 1.78 bits per heavy atom. The molecule has 1 heterocycles. The highest BCUT2D eigenvalue weighted by molar-refractivity contribution is 5.70. The number of hydrogen-bond donors (Lipinski definition) is 4. The fraction of sp³-hybridized carbons (Fsp3) is 0.750. The average Bonchev–Trinajstić information content (AvgIpc) is 3.11. The number of carbonyl (C=O) groups excluding carboxylic acids is 2. The minimum absolute atomic E-state index is 0.213. The largest absolute Gasteiger partial charge is 0.462 e. The number of carbonyl (C=O) groups is 2. The van der Waals surface area contributed by atoms with Gasteiger partial charge in [-0.05, 0) is 51.4 Å². The summed E-state index contributed by atoms with van der Waals surface area (Å²) in [7, 11) is 0. The quantitative estimate of drug-likeness (QED) is 0.0351. The van der Waals surface area contributed by atoms with Gasteiger partial charge in [0.15, 0.2) is 12.4 Å². The van der Waals surface area contributed by atoms with Crippen molar-refractivity contribution in [3.05, 3.63) is 48.6 Å². The van der Waals surface area contributed by atoms with Crippen LogP contribution in [0.1, 0.15) is 136 Å². The summed E-state index contributed by atoms with van der Waals surface area (Å²) >= 11 is 0. The van der Waals surface area contributed by atoms with Crippen LogP contribution in [0.4, 0.5) is 0 Å². The zero-order valence-corrected chi connectivity index (χ0v) is 30.9. The van der Waals surface area contributed by atoms with Gasteiger partial charge in [-0.25, -0.2) is 0 Å². The summed E-state index contributed by atoms with van der Waals surface area (Å²) in [4.78, 5) is 25.0. The van der Waals surface area contributed by atoms with Crippen molar-refractivity contribution in [2.24, 2.45) is 0 Å².